The average Bonchev–Trinajstić information content (AvgIpc) is 3.19. The van der Waals surface area contributed by atoms with Crippen LogP contribution in [0.1, 0.15) is 37.8 Å². The Morgan fingerprint density at radius 2 is 2.15 bits per heavy atom. The fraction of sp³-hybridized carbons (Fsp3) is 0.550. The second-order valence-corrected chi connectivity index (χ2v) is 8.18. The Morgan fingerprint density at radius 1 is 1.37 bits per heavy atom. The normalized spacial score (nSPS) is 28.9. The first-order valence-electron chi connectivity index (χ1n) is 9.52. The van der Waals surface area contributed by atoms with Crippen LogP contribution in [0.4, 0.5) is 0 Å². The van der Waals surface area contributed by atoms with Gasteiger partial charge in [0.1, 0.15) is 18.2 Å². The van der Waals surface area contributed by atoms with Gasteiger partial charge < -0.3 is 15.8 Å². The molecule has 0 bridgehead atoms. The summed E-state index contributed by atoms with van der Waals surface area (Å²) in [6, 6.07) is 8.03. The van der Waals surface area contributed by atoms with Crippen LogP contribution in [0.3, 0.4) is 0 Å². The number of amides is 1. The fourth-order valence-electron chi connectivity index (χ4n) is 4.73. The molecule has 1 saturated carbocycles. The molecule has 7 heteroatoms. The molecule has 1 aliphatic carbocycles. The number of nitrogens with zero attached hydrogens (tertiary/aromatic N) is 3. The van der Waals surface area contributed by atoms with E-state index in [1.165, 1.54) is 6.33 Å². The van der Waals surface area contributed by atoms with Crippen molar-refractivity contribution in [2.75, 3.05) is 6.61 Å². The molecule has 3 unspecified atom stereocenters. The third-order valence-corrected chi connectivity index (χ3v) is 6.42. The van der Waals surface area contributed by atoms with Crippen LogP contribution in [0.5, 0.6) is 0 Å². The van der Waals surface area contributed by atoms with Crippen molar-refractivity contribution in [3.05, 3.63) is 48.0 Å². The maximum absolute atomic E-state index is 13.1. The first kappa shape index (κ1) is 18.1. The van der Waals surface area contributed by atoms with Crippen LogP contribution in [-0.2, 0) is 22.6 Å². The van der Waals surface area contributed by atoms with E-state index in [0.29, 0.717) is 13.1 Å². The third-order valence-electron chi connectivity index (χ3n) is 6.42. The van der Waals surface area contributed by atoms with Gasteiger partial charge in [-0.3, -0.25) is 4.79 Å². The molecule has 1 saturated heterocycles. The lowest BCUT2D eigenvalue weighted by Gasteiger charge is -2.65. The average molecular weight is 369 g/mol. The second-order valence-electron chi connectivity index (χ2n) is 8.18. The van der Waals surface area contributed by atoms with Crippen molar-refractivity contribution >= 4 is 5.91 Å². The number of ether oxygens (including phenoxy) is 1. The molecule has 1 aromatic heterocycles. The zero-order valence-electron chi connectivity index (χ0n) is 15.9. The summed E-state index contributed by atoms with van der Waals surface area (Å²) in [4.78, 5) is 17.1. The van der Waals surface area contributed by atoms with E-state index in [4.69, 9.17) is 10.5 Å². The van der Waals surface area contributed by atoms with Crippen LogP contribution in [0.2, 0.25) is 0 Å². The van der Waals surface area contributed by atoms with Gasteiger partial charge in [-0.2, -0.15) is 5.10 Å². The molecule has 2 aliphatic rings. The summed E-state index contributed by atoms with van der Waals surface area (Å²) in [5.74, 6) is 0.00134. The highest BCUT2D eigenvalue weighted by molar-refractivity contribution is 5.89. The van der Waals surface area contributed by atoms with E-state index in [2.05, 4.69) is 15.4 Å². The number of aromatic nitrogens is 3. The Hall–Kier alpha value is -2.25. The fourth-order valence-corrected chi connectivity index (χ4v) is 4.73. The molecular formula is C20H27N5O2. The van der Waals surface area contributed by atoms with E-state index in [9.17, 15) is 4.79 Å². The Morgan fingerprint density at radius 3 is 2.89 bits per heavy atom. The number of rotatable bonds is 5. The number of hydrogen-bond acceptors (Lipinski definition) is 5. The molecule has 1 amide bonds. The number of nitrogens with one attached hydrogen (secondary N) is 1. The van der Waals surface area contributed by atoms with E-state index >= 15 is 0 Å². The van der Waals surface area contributed by atoms with Crippen molar-refractivity contribution < 1.29 is 9.53 Å². The molecule has 0 radical (unpaired) electrons. The number of carbonyl (C=O) groups excluding carboxylic acids is 1. The summed E-state index contributed by atoms with van der Waals surface area (Å²) in [6.07, 6.45) is 5.18. The Kier molecular flexibility index (Phi) is 4.52. The van der Waals surface area contributed by atoms with E-state index in [0.717, 1.165) is 30.6 Å². The molecule has 2 fully saturated rings. The van der Waals surface area contributed by atoms with Crippen molar-refractivity contribution in [2.24, 2.45) is 17.1 Å². The first-order chi connectivity index (χ1) is 12.9. The lowest BCUT2D eigenvalue weighted by Crippen LogP contribution is -2.82. The Bertz CT molecular complexity index is 820. The van der Waals surface area contributed by atoms with Gasteiger partial charge in [-0.1, -0.05) is 38.1 Å². The van der Waals surface area contributed by atoms with Gasteiger partial charge in [-0.25, -0.2) is 9.67 Å². The number of nitrogens with two attached hydrogens (primary N) is 1. The van der Waals surface area contributed by atoms with Gasteiger partial charge >= 0.3 is 0 Å². The number of carbonyl (C=O) groups is 1. The van der Waals surface area contributed by atoms with Crippen molar-refractivity contribution in [2.45, 2.75) is 51.4 Å². The van der Waals surface area contributed by atoms with Crippen molar-refractivity contribution in [1.82, 2.24) is 20.1 Å². The minimum Gasteiger partial charge on any atom is -0.377 e. The highest BCUT2D eigenvalue weighted by Crippen LogP contribution is 2.57. The summed E-state index contributed by atoms with van der Waals surface area (Å²) in [5.41, 5.74) is 7.57. The van der Waals surface area contributed by atoms with Crippen molar-refractivity contribution in [3.8, 4) is 0 Å². The molecular weight excluding hydrogens is 342 g/mol. The first-order valence-corrected chi connectivity index (χ1v) is 9.52. The Balaban J connectivity index is 1.47. The standard InChI is InChI=1S/C20H27N5O2/c1-19(2)17-16(8-5-9-27-17)20(19,21)18(26)23-10-14-6-3-4-7-15(14)11-25-13-22-12-24-25/h3-4,6-7,12-13,16-17H,5,8-11,21H2,1-2H3,(H,23,26). The van der Waals surface area contributed by atoms with Gasteiger partial charge in [0, 0.05) is 24.5 Å². The van der Waals surface area contributed by atoms with Gasteiger partial charge in [0.25, 0.3) is 0 Å². The van der Waals surface area contributed by atoms with E-state index in [-0.39, 0.29) is 23.3 Å². The quantitative estimate of drug-likeness (QED) is 0.832. The van der Waals surface area contributed by atoms with Gasteiger partial charge in [0.05, 0.1) is 12.6 Å². The van der Waals surface area contributed by atoms with Crippen molar-refractivity contribution in [3.63, 3.8) is 0 Å². The smallest absolute Gasteiger partial charge is 0.241 e. The minimum absolute atomic E-state index is 0.0709. The zero-order valence-corrected chi connectivity index (χ0v) is 15.9. The predicted octanol–water partition coefficient (Wildman–Crippen LogP) is 1.48. The zero-order chi connectivity index (χ0) is 19.1. The topological polar surface area (TPSA) is 95.1 Å². The van der Waals surface area contributed by atoms with Crippen LogP contribution in [0.25, 0.3) is 0 Å². The molecule has 1 aliphatic heterocycles. The third kappa shape index (κ3) is 2.85. The molecule has 1 aromatic carbocycles. The molecule has 4 rings (SSSR count). The summed E-state index contributed by atoms with van der Waals surface area (Å²) < 4.78 is 7.67. The van der Waals surface area contributed by atoms with E-state index < -0.39 is 5.54 Å². The lowest BCUT2D eigenvalue weighted by molar-refractivity contribution is -0.225. The van der Waals surface area contributed by atoms with Crippen LogP contribution >= 0.6 is 0 Å². The predicted molar refractivity (Wildman–Crippen MR) is 101 cm³/mol. The lowest BCUT2D eigenvalue weighted by atomic mass is 9.46. The van der Waals surface area contributed by atoms with Crippen LogP contribution in [0.15, 0.2) is 36.9 Å². The monoisotopic (exact) mass is 369 g/mol. The van der Waals surface area contributed by atoms with Gasteiger partial charge in [0.2, 0.25) is 5.91 Å². The summed E-state index contributed by atoms with van der Waals surface area (Å²) in [6.45, 7) is 5.90. The van der Waals surface area contributed by atoms with Gasteiger partial charge in [-0.05, 0) is 24.0 Å². The molecule has 3 N–H and O–H groups in total. The summed E-state index contributed by atoms with van der Waals surface area (Å²) in [7, 11) is 0. The van der Waals surface area contributed by atoms with Crippen LogP contribution in [-0.4, -0.2) is 38.9 Å². The molecule has 7 nitrogen and oxygen atoms in total. The van der Waals surface area contributed by atoms with E-state index in [1.807, 2.05) is 38.1 Å². The summed E-state index contributed by atoms with van der Waals surface area (Å²) >= 11 is 0. The van der Waals surface area contributed by atoms with E-state index in [1.54, 1.807) is 11.0 Å². The maximum Gasteiger partial charge on any atom is 0.241 e. The van der Waals surface area contributed by atoms with Crippen LogP contribution in [0, 0.1) is 11.3 Å². The van der Waals surface area contributed by atoms with Gasteiger partial charge in [0.15, 0.2) is 0 Å². The van der Waals surface area contributed by atoms with Gasteiger partial charge in [-0.15, -0.1) is 0 Å². The van der Waals surface area contributed by atoms with Crippen LogP contribution < -0.4 is 11.1 Å². The molecule has 2 aromatic rings. The Labute approximate surface area is 159 Å². The molecule has 2 heterocycles. The SMILES string of the molecule is CC1(C)C2OCCCC2C1(N)C(=O)NCc1ccccc1Cn1cncn1. The second kappa shape index (κ2) is 6.73. The molecule has 3 atom stereocenters. The van der Waals surface area contributed by atoms with Crippen molar-refractivity contribution in [1.29, 1.82) is 0 Å². The molecule has 27 heavy (non-hydrogen) atoms. The largest absolute Gasteiger partial charge is 0.377 e. The number of hydrogen-bond donors (Lipinski definition) is 2. The summed E-state index contributed by atoms with van der Waals surface area (Å²) in [5, 5.41) is 7.24. The highest BCUT2D eigenvalue weighted by Gasteiger charge is 2.70. The highest BCUT2D eigenvalue weighted by atomic mass is 16.5. The molecule has 144 valence electrons. The minimum atomic E-state index is -0.890. The molecule has 0 spiro atoms. The maximum atomic E-state index is 13.1. The number of benzene rings is 1. The number of fused-ring (bicyclic) bond motifs is 1.